The van der Waals surface area contributed by atoms with E-state index in [1.54, 1.807) is 6.07 Å². The lowest BCUT2D eigenvalue weighted by Gasteiger charge is -2.37. The van der Waals surface area contributed by atoms with E-state index in [1.165, 1.54) is 12.1 Å². The average Bonchev–Trinajstić information content (AvgIpc) is 2.21. The maximum absolute atomic E-state index is 11.8. The number of hydrogen-bond donors (Lipinski definition) is 1. The molecule has 0 amide bonds. The van der Waals surface area contributed by atoms with Crippen LogP contribution >= 0.6 is 15.9 Å². The molecule has 1 saturated heterocycles. The van der Waals surface area contributed by atoms with Gasteiger partial charge >= 0.3 is 0 Å². The van der Waals surface area contributed by atoms with E-state index in [1.807, 2.05) is 4.57 Å². The van der Waals surface area contributed by atoms with Gasteiger partial charge in [-0.3, -0.25) is 4.79 Å². The second-order valence-electron chi connectivity index (χ2n) is 4.50. The molecule has 0 aliphatic carbocycles. The third kappa shape index (κ3) is 1.56. The van der Waals surface area contributed by atoms with Gasteiger partial charge in [0.2, 0.25) is 0 Å². The first-order chi connectivity index (χ1) is 7.24. The Hall–Kier alpha value is -0.610. The summed E-state index contributed by atoms with van der Waals surface area (Å²) in [5.74, 6) is 1.15. The van der Waals surface area contributed by atoms with Crippen molar-refractivity contribution >= 4 is 15.9 Å². The van der Waals surface area contributed by atoms with Crippen LogP contribution in [0.5, 0.6) is 0 Å². The zero-order valence-electron chi connectivity index (χ0n) is 8.37. The van der Waals surface area contributed by atoms with E-state index in [-0.39, 0.29) is 5.56 Å². The van der Waals surface area contributed by atoms with E-state index in [9.17, 15) is 4.79 Å². The highest BCUT2D eigenvalue weighted by Gasteiger charge is 2.30. The number of aromatic nitrogens is 1. The molecule has 15 heavy (non-hydrogen) atoms. The Morgan fingerprint density at radius 3 is 3.13 bits per heavy atom. The SMILES string of the molecule is O=c1cc(Br)cc2n1C[C@H]1CNC[C@@H]2C1. The summed E-state index contributed by atoms with van der Waals surface area (Å²) in [4.78, 5) is 11.8. The van der Waals surface area contributed by atoms with Gasteiger partial charge in [0, 0.05) is 35.2 Å². The minimum atomic E-state index is 0.135. The summed E-state index contributed by atoms with van der Waals surface area (Å²) in [5, 5.41) is 3.44. The summed E-state index contributed by atoms with van der Waals surface area (Å²) in [7, 11) is 0. The Morgan fingerprint density at radius 2 is 2.27 bits per heavy atom. The number of rotatable bonds is 0. The topological polar surface area (TPSA) is 34.0 Å². The summed E-state index contributed by atoms with van der Waals surface area (Å²) in [5.41, 5.74) is 1.33. The first-order valence-electron chi connectivity index (χ1n) is 5.35. The predicted molar refractivity (Wildman–Crippen MR) is 62.1 cm³/mol. The van der Waals surface area contributed by atoms with Crippen molar-refractivity contribution in [2.45, 2.75) is 18.9 Å². The van der Waals surface area contributed by atoms with E-state index in [0.29, 0.717) is 11.8 Å². The molecular formula is C11H13BrN2O. The molecular weight excluding hydrogens is 256 g/mol. The van der Waals surface area contributed by atoms with E-state index < -0.39 is 0 Å². The van der Waals surface area contributed by atoms with Gasteiger partial charge in [0.05, 0.1) is 0 Å². The van der Waals surface area contributed by atoms with E-state index in [0.717, 1.165) is 24.1 Å². The third-order valence-corrected chi connectivity index (χ3v) is 3.88. The number of nitrogens with one attached hydrogen (secondary N) is 1. The first-order valence-corrected chi connectivity index (χ1v) is 6.14. The van der Waals surface area contributed by atoms with E-state index >= 15 is 0 Å². The molecule has 4 heteroatoms. The molecule has 3 rings (SSSR count). The van der Waals surface area contributed by atoms with Gasteiger partial charge in [0.25, 0.3) is 5.56 Å². The Bertz CT molecular complexity index is 454. The van der Waals surface area contributed by atoms with Crippen LogP contribution in [0.25, 0.3) is 0 Å². The standard InChI is InChI=1S/C11H13BrN2O/c12-9-2-10-8-1-7(4-13-5-8)6-14(10)11(15)3-9/h2-3,7-8,13H,1,4-6H2/t7-,8+/m1/s1. The van der Waals surface area contributed by atoms with E-state index in [4.69, 9.17) is 0 Å². The number of halogens is 1. The van der Waals surface area contributed by atoms with Crippen molar-refractivity contribution in [2.75, 3.05) is 13.1 Å². The van der Waals surface area contributed by atoms with Crippen molar-refractivity contribution in [3.05, 3.63) is 32.7 Å². The van der Waals surface area contributed by atoms with Crippen molar-refractivity contribution < 1.29 is 0 Å². The van der Waals surface area contributed by atoms with Gasteiger partial charge in [-0.1, -0.05) is 15.9 Å². The van der Waals surface area contributed by atoms with Crippen molar-refractivity contribution in [1.82, 2.24) is 9.88 Å². The highest BCUT2D eigenvalue weighted by Crippen LogP contribution is 2.32. The summed E-state index contributed by atoms with van der Waals surface area (Å²) in [6.45, 7) is 2.94. The van der Waals surface area contributed by atoms with Crippen LogP contribution in [0.15, 0.2) is 21.4 Å². The summed E-state index contributed by atoms with van der Waals surface area (Å²) in [6.07, 6.45) is 1.23. The molecule has 2 atom stereocenters. The fourth-order valence-corrected chi connectivity index (χ4v) is 3.20. The van der Waals surface area contributed by atoms with Crippen LogP contribution in [0.2, 0.25) is 0 Å². The number of pyridine rings is 1. The van der Waals surface area contributed by atoms with Crippen molar-refractivity contribution in [3.8, 4) is 0 Å². The van der Waals surface area contributed by atoms with Crippen LogP contribution in [0, 0.1) is 5.92 Å². The Kier molecular flexibility index (Phi) is 2.21. The maximum Gasteiger partial charge on any atom is 0.251 e. The zero-order valence-corrected chi connectivity index (χ0v) is 9.96. The molecule has 3 heterocycles. The molecule has 0 radical (unpaired) electrons. The quantitative estimate of drug-likeness (QED) is 0.770. The molecule has 1 aromatic heterocycles. The fraction of sp³-hybridized carbons (Fsp3) is 0.545. The van der Waals surface area contributed by atoms with Crippen molar-refractivity contribution in [2.24, 2.45) is 5.92 Å². The Balaban J connectivity index is 2.17. The molecule has 0 aromatic carbocycles. The highest BCUT2D eigenvalue weighted by atomic mass is 79.9. The fourth-order valence-electron chi connectivity index (χ4n) is 2.77. The van der Waals surface area contributed by atoms with Crippen LogP contribution in [0.3, 0.4) is 0 Å². The van der Waals surface area contributed by atoms with Crippen LogP contribution in [-0.4, -0.2) is 17.7 Å². The Morgan fingerprint density at radius 1 is 1.40 bits per heavy atom. The van der Waals surface area contributed by atoms with E-state index in [2.05, 4.69) is 27.3 Å². The second kappa shape index (κ2) is 3.46. The zero-order chi connectivity index (χ0) is 10.4. The van der Waals surface area contributed by atoms with Gasteiger partial charge in [-0.05, 0) is 24.9 Å². The van der Waals surface area contributed by atoms with Gasteiger partial charge in [-0.15, -0.1) is 0 Å². The van der Waals surface area contributed by atoms with Gasteiger partial charge in [-0.25, -0.2) is 0 Å². The minimum absolute atomic E-state index is 0.135. The van der Waals surface area contributed by atoms with Crippen molar-refractivity contribution in [3.63, 3.8) is 0 Å². The molecule has 2 aliphatic rings. The summed E-state index contributed by atoms with van der Waals surface area (Å²) < 4.78 is 2.85. The van der Waals surface area contributed by atoms with Gasteiger partial charge in [0.1, 0.15) is 0 Å². The van der Waals surface area contributed by atoms with Gasteiger partial charge in [0.15, 0.2) is 0 Å². The van der Waals surface area contributed by atoms with Crippen LogP contribution in [-0.2, 0) is 6.54 Å². The lowest BCUT2D eigenvalue weighted by Crippen LogP contribution is -2.44. The average molecular weight is 269 g/mol. The smallest absolute Gasteiger partial charge is 0.251 e. The molecule has 1 N–H and O–H groups in total. The molecule has 0 unspecified atom stereocenters. The molecule has 3 nitrogen and oxygen atoms in total. The number of hydrogen-bond acceptors (Lipinski definition) is 2. The lowest BCUT2D eigenvalue weighted by atomic mass is 9.84. The minimum Gasteiger partial charge on any atom is -0.316 e. The summed E-state index contributed by atoms with van der Waals surface area (Å²) in [6, 6.07) is 3.76. The maximum atomic E-state index is 11.8. The predicted octanol–water partition coefficient (Wildman–Crippen LogP) is 1.32. The molecule has 1 fully saturated rings. The number of fused-ring (bicyclic) bond motifs is 4. The molecule has 80 valence electrons. The molecule has 0 spiro atoms. The molecule has 2 bridgehead atoms. The van der Waals surface area contributed by atoms with Crippen LogP contribution in [0.1, 0.15) is 18.0 Å². The van der Waals surface area contributed by atoms with Crippen molar-refractivity contribution in [1.29, 1.82) is 0 Å². The molecule has 0 saturated carbocycles. The first kappa shape index (κ1) is 9.60. The highest BCUT2D eigenvalue weighted by molar-refractivity contribution is 9.10. The summed E-state index contributed by atoms with van der Waals surface area (Å²) >= 11 is 3.40. The normalized spacial score (nSPS) is 28.6. The Labute approximate surface area is 96.6 Å². The van der Waals surface area contributed by atoms with Crippen LogP contribution in [0.4, 0.5) is 0 Å². The van der Waals surface area contributed by atoms with Gasteiger partial charge in [-0.2, -0.15) is 0 Å². The second-order valence-corrected chi connectivity index (χ2v) is 5.42. The largest absolute Gasteiger partial charge is 0.316 e. The number of nitrogens with zero attached hydrogens (tertiary/aromatic N) is 1. The molecule has 2 aliphatic heterocycles. The number of piperidine rings is 1. The molecule has 1 aromatic rings. The third-order valence-electron chi connectivity index (χ3n) is 3.43. The van der Waals surface area contributed by atoms with Gasteiger partial charge < -0.3 is 9.88 Å². The monoisotopic (exact) mass is 268 g/mol. The van der Waals surface area contributed by atoms with Crippen LogP contribution < -0.4 is 10.9 Å². The lowest BCUT2D eigenvalue weighted by molar-refractivity contribution is 0.257.